The van der Waals surface area contributed by atoms with Crippen molar-refractivity contribution in [2.24, 2.45) is 0 Å². The van der Waals surface area contributed by atoms with E-state index in [0.717, 1.165) is 16.9 Å². The topological polar surface area (TPSA) is 84.2 Å². The fourth-order valence-electron chi connectivity index (χ4n) is 1.76. The second-order valence-electron chi connectivity index (χ2n) is 4.28. The Bertz CT molecular complexity index is 682. The maximum Gasteiger partial charge on any atom is 0.240 e. The van der Waals surface area contributed by atoms with E-state index in [4.69, 9.17) is 5.73 Å². The van der Waals surface area contributed by atoms with E-state index in [9.17, 15) is 8.42 Å². The Hall–Kier alpha value is -2.05. The molecule has 0 aromatic heterocycles. The third kappa shape index (κ3) is 3.28. The van der Waals surface area contributed by atoms with E-state index in [-0.39, 0.29) is 4.90 Å². The van der Waals surface area contributed by atoms with Crippen LogP contribution in [-0.2, 0) is 16.6 Å². The number of rotatable bonds is 5. The summed E-state index contributed by atoms with van der Waals surface area (Å²) in [5, 5.41) is 3.20. The maximum atomic E-state index is 11.6. The van der Waals surface area contributed by atoms with Crippen LogP contribution in [0.1, 0.15) is 5.56 Å². The van der Waals surface area contributed by atoms with Crippen molar-refractivity contribution in [1.29, 1.82) is 0 Å². The third-order valence-corrected chi connectivity index (χ3v) is 4.40. The maximum absolute atomic E-state index is 11.6. The molecule has 0 aliphatic heterocycles. The predicted octanol–water partition coefficient (Wildman–Crippen LogP) is 1.79. The quantitative estimate of drug-likeness (QED) is 0.733. The van der Waals surface area contributed by atoms with E-state index in [2.05, 4.69) is 10.0 Å². The molecule has 2 aromatic carbocycles. The van der Waals surface area contributed by atoms with Gasteiger partial charge in [0, 0.05) is 17.9 Å². The summed E-state index contributed by atoms with van der Waals surface area (Å²) in [5.74, 6) is 0. The SMILES string of the molecule is CNS(=O)(=O)c1ccc(NCc2ccccc2N)cc1. The number of benzene rings is 2. The van der Waals surface area contributed by atoms with E-state index < -0.39 is 10.0 Å². The van der Waals surface area contributed by atoms with E-state index >= 15 is 0 Å². The van der Waals surface area contributed by atoms with Crippen LogP contribution < -0.4 is 15.8 Å². The van der Waals surface area contributed by atoms with Gasteiger partial charge in [0.15, 0.2) is 0 Å². The average Bonchev–Trinajstić information content (AvgIpc) is 2.47. The fourth-order valence-corrected chi connectivity index (χ4v) is 2.49. The van der Waals surface area contributed by atoms with Gasteiger partial charge in [-0.1, -0.05) is 18.2 Å². The second-order valence-corrected chi connectivity index (χ2v) is 6.17. The average molecular weight is 291 g/mol. The van der Waals surface area contributed by atoms with Crippen LogP contribution in [0.5, 0.6) is 0 Å². The molecule has 4 N–H and O–H groups in total. The molecule has 0 radical (unpaired) electrons. The number of para-hydroxylation sites is 1. The van der Waals surface area contributed by atoms with Crippen LogP contribution in [0, 0.1) is 0 Å². The third-order valence-electron chi connectivity index (χ3n) is 2.97. The highest BCUT2D eigenvalue weighted by molar-refractivity contribution is 7.89. The van der Waals surface area contributed by atoms with Gasteiger partial charge < -0.3 is 11.1 Å². The molecule has 0 aliphatic carbocycles. The Morgan fingerprint density at radius 3 is 2.30 bits per heavy atom. The lowest BCUT2D eigenvalue weighted by molar-refractivity contribution is 0.588. The molecule has 0 saturated carbocycles. The first-order valence-corrected chi connectivity index (χ1v) is 7.62. The fraction of sp³-hybridized carbons (Fsp3) is 0.143. The normalized spacial score (nSPS) is 11.2. The van der Waals surface area contributed by atoms with Crippen LogP contribution in [0.2, 0.25) is 0 Å². The summed E-state index contributed by atoms with van der Waals surface area (Å²) in [6, 6.07) is 14.2. The summed E-state index contributed by atoms with van der Waals surface area (Å²) >= 11 is 0. The Kier molecular flexibility index (Phi) is 4.26. The molecule has 0 fully saturated rings. The van der Waals surface area contributed by atoms with Gasteiger partial charge in [-0.2, -0.15) is 0 Å². The molecule has 0 spiro atoms. The molecule has 6 heteroatoms. The van der Waals surface area contributed by atoms with Crippen molar-refractivity contribution in [1.82, 2.24) is 4.72 Å². The summed E-state index contributed by atoms with van der Waals surface area (Å²) < 4.78 is 25.5. The van der Waals surface area contributed by atoms with E-state index in [0.29, 0.717) is 6.54 Å². The molecule has 106 valence electrons. The minimum absolute atomic E-state index is 0.241. The summed E-state index contributed by atoms with van der Waals surface area (Å²) in [6.45, 7) is 0.588. The minimum Gasteiger partial charge on any atom is -0.398 e. The molecular weight excluding hydrogens is 274 g/mol. The van der Waals surface area contributed by atoms with Gasteiger partial charge in [0.05, 0.1) is 4.90 Å². The number of anilines is 2. The zero-order valence-corrected chi connectivity index (χ0v) is 11.9. The van der Waals surface area contributed by atoms with E-state index in [1.54, 1.807) is 24.3 Å². The van der Waals surface area contributed by atoms with Crippen molar-refractivity contribution >= 4 is 21.4 Å². The molecule has 0 saturated heterocycles. The highest BCUT2D eigenvalue weighted by atomic mass is 32.2. The minimum atomic E-state index is -3.39. The molecule has 0 atom stereocenters. The van der Waals surface area contributed by atoms with Gasteiger partial charge in [-0.25, -0.2) is 13.1 Å². The Morgan fingerprint density at radius 2 is 1.70 bits per heavy atom. The molecule has 2 aromatic rings. The first-order chi connectivity index (χ1) is 9.53. The Balaban J connectivity index is 2.07. The van der Waals surface area contributed by atoms with E-state index in [1.165, 1.54) is 7.05 Å². The van der Waals surface area contributed by atoms with Gasteiger partial charge in [0.1, 0.15) is 0 Å². The van der Waals surface area contributed by atoms with Gasteiger partial charge >= 0.3 is 0 Å². The van der Waals surface area contributed by atoms with Gasteiger partial charge in [-0.05, 0) is 42.9 Å². The zero-order valence-electron chi connectivity index (χ0n) is 11.1. The summed E-state index contributed by atoms with van der Waals surface area (Å²) in [7, 11) is -2.00. The van der Waals surface area contributed by atoms with Crippen LogP contribution in [0.3, 0.4) is 0 Å². The van der Waals surface area contributed by atoms with Crippen molar-refractivity contribution in [2.75, 3.05) is 18.1 Å². The molecule has 0 heterocycles. The van der Waals surface area contributed by atoms with Crippen molar-refractivity contribution in [2.45, 2.75) is 11.4 Å². The predicted molar refractivity (Wildman–Crippen MR) is 80.9 cm³/mol. The van der Waals surface area contributed by atoms with Crippen molar-refractivity contribution in [3.05, 3.63) is 54.1 Å². The van der Waals surface area contributed by atoms with Crippen LogP contribution >= 0.6 is 0 Å². The van der Waals surface area contributed by atoms with Crippen LogP contribution in [0.4, 0.5) is 11.4 Å². The standard InChI is InChI=1S/C14H17N3O2S/c1-16-20(18,19)13-8-6-12(7-9-13)17-10-11-4-2-3-5-14(11)15/h2-9,16-17H,10,15H2,1H3. The number of nitrogens with two attached hydrogens (primary N) is 1. The summed E-state index contributed by atoms with van der Waals surface area (Å²) in [5.41, 5.74) is 8.42. The molecule has 0 unspecified atom stereocenters. The molecule has 2 rings (SSSR count). The number of nitrogen functional groups attached to an aromatic ring is 1. The largest absolute Gasteiger partial charge is 0.398 e. The van der Waals surface area contributed by atoms with Crippen molar-refractivity contribution in [3.8, 4) is 0 Å². The van der Waals surface area contributed by atoms with Crippen molar-refractivity contribution < 1.29 is 8.42 Å². The number of hydrogen-bond donors (Lipinski definition) is 3. The lowest BCUT2D eigenvalue weighted by Gasteiger charge is -2.09. The van der Waals surface area contributed by atoms with Gasteiger partial charge in [-0.15, -0.1) is 0 Å². The summed E-state index contributed by atoms with van der Waals surface area (Å²) in [4.78, 5) is 0.241. The number of nitrogens with one attached hydrogen (secondary N) is 2. The van der Waals surface area contributed by atoms with Gasteiger partial charge in [0.25, 0.3) is 0 Å². The van der Waals surface area contributed by atoms with Crippen molar-refractivity contribution in [3.63, 3.8) is 0 Å². The van der Waals surface area contributed by atoms with Gasteiger partial charge in [0.2, 0.25) is 10.0 Å². The number of sulfonamides is 1. The second kappa shape index (κ2) is 5.94. The zero-order chi connectivity index (χ0) is 14.6. The van der Waals surface area contributed by atoms with E-state index in [1.807, 2.05) is 24.3 Å². The molecule has 0 bridgehead atoms. The number of hydrogen-bond acceptors (Lipinski definition) is 4. The Labute approximate surface area is 118 Å². The summed E-state index contributed by atoms with van der Waals surface area (Å²) in [6.07, 6.45) is 0. The van der Waals surface area contributed by atoms with Gasteiger partial charge in [-0.3, -0.25) is 0 Å². The highest BCUT2D eigenvalue weighted by Gasteiger charge is 2.10. The molecule has 20 heavy (non-hydrogen) atoms. The monoisotopic (exact) mass is 291 g/mol. The molecule has 0 amide bonds. The first-order valence-electron chi connectivity index (χ1n) is 6.14. The molecule has 0 aliphatic rings. The van der Waals surface area contributed by atoms with Crippen LogP contribution in [0.25, 0.3) is 0 Å². The smallest absolute Gasteiger partial charge is 0.240 e. The lowest BCUT2D eigenvalue weighted by atomic mass is 10.2. The lowest BCUT2D eigenvalue weighted by Crippen LogP contribution is -2.18. The highest BCUT2D eigenvalue weighted by Crippen LogP contribution is 2.16. The molecule has 5 nitrogen and oxygen atoms in total. The Morgan fingerprint density at radius 1 is 1.05 bits per heavy atom. The van der Waals surface area contributed by atoms with Crippen LogP contribution in [-0.4, -0.2) is 15.5 Å². The first kappa shape index (κ1) is 14.4. The molecular formula is C14H17N3O2S. The van der Waals surface area contributed by atoms with Crippen LogP contribution in [0.15, 0.2) is 53.4 Å².